The van der Waals surface area contributed by atoms with Crippen LogP contribution >= 0.6 is 11.3 Å². The number of carbonyl (C=O) groups excluding carboxylic acids is 2. The zero-order valence-electron chi connectivity index (χ0n) is 18.5. The van der Waals surface area contributed by atoms with Crippen LogP contribution in [0.1, 0.15) is 32.9 Å². The number of amides is 2. The van der Waals surface area contributed by atoms with Crippen molar-refractivity contribution in [2.24, 2.45) is 0 Å². The van der Waals surface area contributed by atoms with Crippen molar-refractivity contribution in [2.45, 2.75) is 33.7 Å². The number of benzene rings is 2. The lowest BCUT2D eigenvalue weighted by atomic mass is 10.1. The Balaban J connectivity index is 1.51. The second-order valence-electron chi connectivity index (χ2n) is 7.56. The highest BCUT2D eigenvalue weighted by Crippen LogP contribution is 2.28. The summed E-state index contributed by atoms with van der Waals surface area (Å²) in [6.45, 7) is 6.00. The SMILES string of the molecule is CCn1nc(C(=O)NNC(=O)Cc2sc(C)nc2-c2ccc(C)cc2)c2ccccc2c1=O. The van der Waals surface area contributed by atoms with Crippen LogP contribution in [-0.4, -0.2) is 26.6 Å². The van der Waals surface area contributed by atoms with Gasteiger partial charge in [-0.05, 0) is 26.8 Å². The molecule has 0 radical (unpaired) electrons. The quantitative estimate of drug-likeness (QED) is 0.444. The molecular weight excluding hydrogens is 438 g/mol. The molecule has 4 rings (SSSR count). The number of hydrogen-bond donors (Lipinski definition) is 2. The van der Waals surface area contributed by atoms with Gasteiger partial charge in [0.1, 0.15) is 0 Å². The topological polar surface area (TPSA) is 106 Å². The summed E-state index contributed by atoms with van der Waals surface area (Å²) in [5, 5.41) is 5.86. The van der Waals surface area contributed by atoms with Crippen LogP contribution in [0.15, 0.2) is 53.3 Å². The van der Waals surface area contributed by atoms with Crippen molar-refractivity contribution >= 4 is 33.9 Å². The Morgan fingerprint density at radius 3 is 2.39 bits per heavy atom. The average molecular weight is 462 g/mol. The van der Waals surface area contributed by atoms with E-state index in [9.17, 15) is 14.4 Å². The highest BCUT2D eigenvalue weighted by Gasteiger charge is 2.18. The molecule has 2 heterocycles. The fraction of sp³-hybridized carbons (Fsp3) is 0.208. The Kier molecular flexibility index (Phi) is 6.32. The largest absolute Gasteiger partial charge is 0.290 e. The number of rotatable bonds is 5. The van der Waals surface area contributed by atoms with Gasteiger partial charge in [0.2, 0.25) is 5.91 Å². The first-order chi connectivity index (χ1) is 15.9. The summed E-state index contributed by atoms with van der Waals surface area (Å²) in [4.78, 5) is 43.3. The smallest absolute Gasteiger partial charge is 0.273 e. The van der Waals surface area contributed by atoms with Gasteiger partial charge in [-0.25, -0.2) is 9.67 Å². The lowest BCUT2D eigenvalue weighted by molar-refractivity contribution is -0.121. The molecule has 2 N–H and O–H groups in total. The minimum atomic E-state index is -0.596. The van der Waals surface area contributed by atoms with Crippen molar-refractivity contribution in [1.29, 1.82) is 0 Å². The molecule has 0 unspecified atom stereocenters. The van der Waals surface area contributed by atoms with Crippen molar-refractivity contribution in [3.05, 3.63) is 80.0 Å². The lowest BCUT2D eigenvalue weighted by Crippen LogP contribution is -2.43. The molecule has 0 fully saturated rings. The number of carbonyl (C=O) groups is 2. The van der Waals surface area contributed by atoms with Gasteiger partial charge in [-0.15, -0.1) is 11.3 Å². The van der Waals surface area contributed by atoms with Crippen LogP contribution in [-0.2, 0) is 17.8 Å². The van der Waals surface area contributed by atoms with Crippen LogP contribution < -0.4 is 16.4 Å². The van der Waals surface area contributed by atoms with E-state index >= 15 is 0 Å². The normalized spacial score (nSPS) is 10.9. The Labute approximate surface area is 194 Å². The van der Waals surface area contributed by atoms with Crippen molar-refractivity contribution in [3.63, 3.8) is 0 Å². The molecule has 4 aromatic rings. The number of fused-ring (bicyclic) bond motifs is 1. The van der Waals surface area contributed by atoms with Gasteiger partial charge in [0, 0.05) is 22.4 Å². The van der Waals surface area contributed by atoms with Gasteiger partial charge in [0.15, 0.2) is 5.69 Å². The number of aromatic nitrogens is 3. The van der Waals surface area contributed by atoms with Crippen LogP contribution in [0.3, 0.4) is 0 Å². The van der Waals surface area contributed by atoms with Crippen molar-refractivity contribution in [2.75, 3.05) is 0 Å². The molecule has 33 heavy (non-hydrogen) atoms. The molecule has 2 aromatic heterocycles. The Morgan fingerprint density at radius 2 is 1.70 bits per heavy atom. The monoisotopic (exact) mass is 461 g/mol. The highest BCUT2D eigenvalue weighted by atomic mass is 32.1. The lowest BCUT2D eigenvalue weighted by Gasteiger charge is -2.11. The minimum Gasteiger partial charge on any atom is -0.273 e. The Bertz CT molecular complexity index is 1410. The van der Waals surface area contributed by atoms with Gasteiger partial charge in [-0.3, -0.25) is 25.2 Å². The first-order valence-electron chi connectivity index (χ1n) is 10.5. The predicted molar refractivity (Wildman–Crippen MR) is 128 cm³/mol. The maximum atomic E-state index is 12.8. The van der Waals surface area contributed by atoms with E-state index in [-0.39, 0.29) is 23.6 Å². The summed E-state index contributed by atoms with van der Waals surface area (Å²) < 4.78 is 1.23. The van der Waals surface area contributed by atoms with E-state index in [0.717, 1.165) is 26.7 Å². The van der Waals surface area contributed by atoms with Crippen LogP contribution in [0.5, 0.6) is 0 Å². The summed E-state index contributed by atoms with van der Waals surface area (Å²) in [5.74, 6) is -0.977. The molecular formula is C24H23N5O3S. The first kappa shape index (κ1) is 22.3. The van der Waals surface area contributed by atoms with Crippen LogP contribution in [0, 0.1) is 13.8 Å². The van der Waals surface area contributed by atoms with E-state index in [1.807, 2.05) is 38.1 Å². The van der Waals surface area contributed by atoms with Crippen molar-refractivity contribution in [3.8, 4) is 11.3 Å². The molecule has 0 aliphatic rings. The second-order valence-corrected chi connectivity index (χ2v) is 8.85. The summed E-state index contributed by atoms with van der Waals surface area (Å²) in [5.41, 5.74) is 7.53. The number of thiazole rings is 1. The van der Waals surface area contributed by atoms with Crippen molar-refractivity contribution in [1.82, 2.24) is 25.6 Å². The molecule has 0 saturated carbocycles. The molecule has 0 spiro atoms. The molecule has 2 aromatic carbocycles. The van der Waals surface area contributed by atoms with E-state index in [1.165, 1.54) is 16.0 Å². The average Bonchev–Trinajstić information content (AvgIpc) is 3.18. The summed E-state index contributed by atoms with van der Waals surface area (Å²) in [6, 6.07) is 14.7. The molecule has 9 heteroatoms. The first-order valence-corrected chi connectivity index (χ1v) is 11.3. The summed E-state index contributed by atoms with van der Waals surface area (Å²) in [7, 11) is 0. The fourth-order valence-electron chi connectivity index (χ4n) is 3.52. The van der Waals surface area contributed by atoms with E-state index in [4.69, 9.17) is 0 Å². The number of aryl methyl sites for hydroxylation is 3. The van der Waals surface area contributed by atoms with Crippen LogP contribution in [0.25, 0.3) is 22.0 Å². The number of nitrogens with zero attached hydrogens (tertiary/aromatic N) is 3. The van der Waals surface area contributed by atoms with Crippen LogP contribution in [0.2, 0.25) is 0 Å². The molecule has 168 valence electrons. The van der Waals surface area contributed by atoms with Gasteiger partial charge in [0.25, 0.3) is 11.5 Å². The van der Waals surface area contributed by atoms with Gasteiger partial charge in [-0.1, -0.05) is 48.0 Å². The van der Waals surface area contributed by atoms with Crippen LogP contribution in [0.4, 0.5) is 0 Å². The third-order valence-electron chi connectivity index (χ3n) is 5.15. The van der Waals surface area contributed by atoms with E-state index < -0.39 is 5.91 Å². The predicted octanol–water partition coefficient (Wildman–Crippen LogP) is 3.16. The Morgan fingerprint density at radius 1 is 1.00 bits per heavy atom. The number of hydrazine groups is 1. The van der Waals surface area contributed by atoms with E-state index in [2.05, 4.69) is 20.9 Å². The maximum absolute atomic E-state index is 12.8. The number of nitrogens with one attached hydrogen (secondary N) is 2. The number of hydrogen-bond acceptors (Lipinski definition) is 6. The minimum absolute atomic E-state index is 0.0671. The fourth-order valence-corrected chi connectivity index (χ4v) is 4.48. The van der Waals surface area contributed by atoms with Gasteiger partial charge >= 0.3 is 0 Å². The maximum Gasteiger partial charge on any atom is 0.290 e. The van der Waals surface area contributed by atoms with Gasteiger partial charge in [0.05, 0.1) is 22.5 Å². The van der Waals surface area contributed by atoms with Crippen molar-refractivity contribution < 1.29 is 9.59 Å². The third-order valence-corrected chi connectivity index (χ3v) is 6.12. The van der Waals surface area contributed by atoms with E-state index in [1.54, 1.807) is 31.2 Å². The Hall–Kier alpha value is -3.85. The molecule has 0 atom stereocenters. The zero-order valence-corrected chi connectivity index (χ0v) is 19.3. The molecule has 0 aliphatic carbocycles. The standard InChI is InChI=1S/C24H23N5O3S/c1-4-29-24(32)18-8-6-5-7-17(18)22(28-29)23(31)27-26-20(30)13-19-21(25-15(3)33-19)16-11-9-14(2)10-12-16/h5-12H,4,13H2,1-3H3,(H,26,30)(H,27,31). The molecule has 0 bridgehead atoms. The molecule has 8 nitrogen and oxygen atoms in total. The zero-order chi connectivity index (χ0) is 23.5. The molecule has 0 saturated heterocycles. The third kappa shape index (κ3) is 4.68. The highest BCUT2D eigenvalue weighted by molar-refractivity contribution is 7.12. The second kappa shape index (κ2) is 9.33. The van der Waals surface area contributed by atoms with Gasteiger partial charge < -0.3 is 0 Å². The summed E-state index contributed by atoms with van der Waals surface area (Å²) >= 11 is 1.45. The van der Waals surface area contributed by atoms with E-state index in [0.29, 0.717) is 17.3 Å². The molecule has 2 amide bonds. The summed E-state index contributed by atoms with van der Waals surface area (Å²) in [6.07, 6.45) is 0.0671. The van der Waals surface area contributed by atoms with Gasteiger partial charge in [-0.2, -0.15) is 5.10 Å². The molecule has 0 aliphatic heterocycles.